The maximum absolute atomic E-state index is 12.4. The summed E-state index contributed by atoms with van der Waals surface area (Å²) >= 11 is 13.5. The highest BCUT2D eigenvalue weighted by molar-refractivity contribution is 7.13. The first-order valence-corrected chi connectivity index (χ1v) is 8.65. The van der Waals surface area contributed by atoms with Gasteiger partial charge in [-0.1, -0.05) is 29.3 Å². The van der Waals surface area contributed by atoms with Crippen molar-refractivity contribution in [3.8, 4) is 21.8 Å². The second kappa shape index (κ2) is 5.73. The standard InChI is InChI=1S/C16H10Cl2N4OS/c1-8-7-24-16(20-8)10-6-19-22-14(23)5-13(21-15(10)22)9-2-3-11(17)12(18)4-9/h2-7,19H,1H3. The summed E-state index contributed by atoms with van der Waals surface area (Å²) in [6, 6.07) is 6.62. The van der Waals surface area contributed by atoms with Crippen LogP contribution in [0.2, 0.25) is 10.0 Å². The predicted octanol–water partition coefficient (Wildman–Crippen LogP) is 4.43. The van der Waals surface area contributed by atoms with E-state index in [1.165, 1.54) is 21.9 Å². The molecule has 24 heavy (non-hydrogen) atoms. The predicted molar refractivity (Wildman–Crippen MR) is 97.1 cm³/mol. The van der Waals surface area contributed by atoms with Gasteiger partial charge in [-0.2, -0.15) is 0 Å². The summed E-state index contributed by atoms with van der Waals surface area (Å²) in [4.78, 5) is 21.5. The summed E-state index contributed by atoms with van der Waals surface area (Å²) in [5, 5.41) is 6.57. The normalized spacial score (nSPS) is 11.3. The van der Waals surface area contributed by atoms with Crippen LogP contribution >= 0.6 is 34.5 Å². The molecule has 0 bridgehead atoms. The number of halogens is 2. The van der Waals surface area contributed by atoms with Gasteiger partial charge in [0.2, 0.25) is 0 Å². The number of aromatic nitrogens is 4. The first kappa shape index (κ1) is 15.4. The van der Waals surface area contributed by atoms with Crippen molar-refractivity contribution in [1.82, 2.24) is 19.6 Å². The Morgan fingerprint density at radius 1 is 1.17 bits per heavy atom. The van der Waals surface area contributed by atoms with E-state index in [1.807, 2.05) is 12.3 Å². The average molecular weight is 377 g/mol. The van der Waals surface area contributed by atoms with Crippen LogP contribution in [-0.2, 0) is 0 Å². The fraction of sp³-hybridized carbons (Fsp3) is 0.0625. The van der Waals surface area contributed by atoms with Crippen LogP contribution in [0.5, 0.6) is 0 Å². The van der Waals surface area contributed by atoms with E-state index in [4.69, 9.17) is 23.2 Å². The van der Waals surface area contributed by atoms with E-state index in [0.717, 1.165) is 21.8 Å². The lowest BCUT2D eigenvalue weighted by Crippen LogP contribution is -2.14. The molecule has 120 valence electrons. The maximum Gasteiger partial charge on any atom is 0.273 e. The van der Waals surface area contributed by atoms with E-state index >= 15 is 0 Å². The molecule has 0 aliphatic heterocycles. The fourth-order valence-electron chi connectivity index (χ4n) is 2.42. The summed E-state index contributed by atoms with van der Waals surface area (Å²) in [6.07, 6.45) is 1.74. The van der Waals surface area contributed by atoms with Crippen LogP contribution in [0.4, 0.5) is 0 Å². The summed E-state index contributed by atoms with van der Waals surface area (Å²) in [7, 11) is 0. The van der Waals surface area contributed by atoms with Gasteiger partial charge >= 0.3 is 0 Å². The van der Waals surface area contributed by atoms with E-state index in [2.05, 4.69) is 15.1 Å². The van der Waals surface area contributed by atoms with Crippen LogP contribution in [0.3, 0.4) is 0 Å². The molecule has 0 atom stereocenters. The van der Waals surface area contributed by atoms with Gasteiger partial charge in [-0.25, -0.2) is 14.5 Å². The lowest BCUT2D eigenvalue weighted by Gasteiger charge is -2.04. The lowest BCUT2D eigenvalue weighted by molar-refractivity contribution is 0.901. The zero-order valence-electron chi connectivity index (χ0n) is 12.4. The summed E-state index contributed by atoms with van der Waals surface area (Å²) in [5.74, 6) is 0. The van der Waals surface area contributed by atoms with E-state index in [1.54, 1.807) is 24.4 Å². The lowest BCUT2D eigenvalue weighted by atomic mass is 10.1. The zero-order valence-corrected chi connectivity index (χ0v) is 14.7. The molecule has 8 heteroatoms. The highest BCUT2D eigenvalue weighted by atomic mass is 35.5. The van der Waals surface area contributed by atoms with Crippen molar-refractivity contribution in [3.05, 3.63) is 61.9 Å². The van der Waals surface area contributed by atoms with E-state index in [9.17, 15) is 4.79 Å². The van der Waals surface area contributed by atoms with Gasteiger partial charge in [0.05, 0.1) is 21.3 Å². The molecule has 4 aromatic rings. The Hall–Kier alpha value is -2.15. The molecule has 0 saturated carbocycles. The minimum atomic E-state index is -0.208. The number of fused-ring (bicyclic) bond motifs is 1. The van der Waals surface area contributed by atoms with Crippen molar-refractivity contribution in [3.63, 3.8) is 0 Å². The summed E-state index contributed by atoms with van der Waals surface area (Å²) in [5.41, 5.74) is 3.29. The topological polar surface area (TPSA) is 63.0 Å². The van der Waals surface area contributed by atoms with Gasteiger partial charge in [0, 0.05) is 28.9 Å². The van der Waals surface area contributed by atoms with Crippen LogP contribution in [0.15, 0.2) is 40.6 Å². The molecule has 5 nitrogen and oxygen atoms in total. The quantitative estimate of drug-likeness (QED) is 0.562. The molecule has 1 aromatic carbocycles. The molecule has 0 amide bonds. The Bertz CT molecular complexity index is 1130. The van der Waals surface area contributed by atoms with Gasteiger partial charge in [-0.3, -0.25) is 9.89 Å². The van der Waals surface area contributed by atoms with Crippen molar-refractivity contribution < 1.29 is 0 Å². The number of hydrogen-bond donors (Lipinski definition) is 1. The Balaban J connectivity index is 1.95. The molecule has 3 aromatic heterocycles. The third-order valence-corrected chi connectivity index (χ3v) is 5.29. The maximum atomic E-state index is 12.4. The first-order chi connectivity index (χ1) is 11.5. The summed E-state index contributed by atoms with van der Waals surface area (Å²) < 4.78 is 1.40. The molecule has 0 aliphatic rings. The number of H-pyrrole nitrogens is 1. The monoisotopic (exact) mass is 376 g/mol. The zero-order chi connectivity index (χ0) is 16.8. The van der Waals surface area contributed by atoms with Crippen LogP contribution in [0.1, 0.15) is 5.69 Å². The second-order valence-electron chi connectivity index (χ2n) is 5.25. The van der Waals surface area contributed by atoms with Crippen molar-refractivity contribution in [1.29, 1.82) is 0 Å². The molecular formula is C16H10Cl2N4OS. The highest BCUT2D eigenvalue weighted by Crippen LogP contribution is 2.29. The van der Waals surface area contributed by atoms with Crippen LogP contribution in [0, 0.1) is 6.92 Å². The van der Waals surface area contributed by atoms with Crippen molar-refractivity contribution >= 4 is 40.2 Å². The Morgan fingerprint density at radius 2 is 2.00 bits per heavy atom. The Morgan fingerprint density at radius 3 is 2.71 bits per heavy atom. The fourth-order valence-corrected chi connectivity index (χ4v) is 3.53. The van der Waals surface area contributed by atoms with Gasteiger partial charge in [-0.05, 0) is 19.1 Å². The van der Waals surface area contributed by atoms with E-state index in [0.29, 0.717) is 21.4 Å². The third kappa shape index (κ3) is 2.53. The number of nitrogens with zero attached hydrogens (tertiary/aromatic N) is 3. The Kier molecular flexibility index (Phi) is 3.68. The highest BCUT2D eigenvalue weighted by Gasteiger charge is 2.14. The Labute approximate surface area is 150 Å². The molecule has 0 unspecified atom stereocenters. The third-order valence-electron chi connectivity index (χ3n) is 3.56. The van der Waals surface area contributed by atoms with Gasteiger partial charge in [0.15, 0.2) is 5.65 Å². The number of rotatable bonds is 2. The molecule has 3 heterocycles. The largest absolute Gasteiger partial charge is 0.296 e. The number of aromatic amines is 1. The number of nitrogens with one attached hydrogen (secondary N) is 1. The van der Waals surface area contributed by atoms with E-state index in [-0.39, 0.29) is 5.56 Å². The molecule has 0 radical (unpaired) electrons. The minimum absolute atomic E-state index is 0.208. The van der Waals surface area contributed by atoms with Gasteiger partial charge in [0.25, 0.3) is 5.56 Å². The minimum Gasteiger partial charge on any atom is -0.296 e. The molecule has 4 rings (SSSR count). The average Bonchev–Trinajstić information content (AvgIpc) is 3.16. The van der Waals surface area contributed by atoms with Gasteiger partial charge in [0.1, 0.15) is 5.01 Å². The number of benzene rings is 1. The second-order valence-corrected chi connectivity index (χ2v) is 6.92. The van der Waals surface area contributed by atoms with Crippen LogP contribution in [-0.4, -0.2) is 19.6 Å². The van der Waals surface area contributed by atoms with Crippen molar-refractivity contribution in [2.45, 2.75) is 6.92 Å². The van der Waals surface area contributed by atoms with Crippen LogP contribution < -0.4 is 5.56 Å². The smallest absolute Gasteiger partial charge is 0.273 e. The van der Waals surface area contributed by atoms with Crippen molar-refractivity contribution in [2.75, 3.05) is 0 Å². The number of thiazole rings is 1. The van der Waals surface area contributed by atoms with E-state index < -0.39 is 0 Å². The SMILES string of the molecule is Cc1csc(-c2c[nH]n3c(=O)cc(-c4ccc(Cl)c(Cl)c4)nc23)n1. The van der Waals surface area contributed by atoms with Gasteiger partial charge in [-0.15, -0.1) is 11.3 Å². The molecule has 0 spiro atoms. The van der Waals surface area contributed by atoms with Gasteiger partial charge < -0.3 is 0 Å². The molecule has 0 aliphatic carbocycles. The molecule has 1 N–H and O–H groups in total. The molecule has 0 fully saturated rings. The number of hydrogen-bond acceptors (Lipinski definition) is 4. The van der Waals surface area contributed by atoms with Crippen molar-refractivity contribution in [2.24, 2.45) is 0 Å². The summed E-state index contributed by atoms with van der Waals surface area (Å²) in [6.45, 7) is 1.93. The molecular weight excluding hydrogens is 367 g/mol. The first-order valence-electron chi connectivity index (χ1n) is 7.02. The van der Waals surface area contributed by atoms with Crippen LogP contribution in [0.25, 0.3) is 27.5 Å². The number of aryl methyl sites for hydroxylation is 1. The molecule has 0 saturated heterocycles.